The molecule has 27 heavy (non-hydrogen) atoms. The molecule has 0 aliphatic rings. The van der Waals surface area contributed by atoms with Gasteiger partial charge >= 0.3 is 6.03 Å². The van der Waals surface area contributed by atoms with E-state index in [-0.39, 0.29) is 6.03 Å². The van der Waals surface area contributed by atoms with Crippen molar-refractivity contribution in [3.05, 3.63) is 47.5 Å². The van der Waals surface area contributed by atoms with Gasteiger partial charge in [-0.1, -0.05) is 12.1 Å². The molecule has 146 valence electrons. The molecule has 2 aromatic carbocycles. The van der Waals surface area contributed by atoms with Crippen molar-refractivity contribution in [1.82, 2.24) is 10.6 Å². The number of nitrogens with one attached hydrogen (secondary N) is 2. The molecule has 0 unspecified atom stereocenters. The molecule has 7 nitrogen and oxygen atoms in total. The van der Waals surface area contributed by atoms with Gasteiger partial charge in [0.25, 0.3) is 0 Å². The molecular weight excluding hydrogens is 348 g/mol. The summed E-state index contributed by atoms with van der Waals surface area (Å²) in [5.74, 6) is 2.64. The van der Waals surface area contributed by atoms with Crippen molar-refractivity contribution in [2.45, 2.75) is 13.0 Å². The first-order chi connectivity index (χ1) is 13.1. The summed E-state index contributed by atoms with van der Waals surface area (Å²) in [6.45, 7) is 0.899. The number of amides is 2. The van der Waals surface area contributed by atoms with Gasteiger partial charge < -0.3 is 29.6 Å². The zero-order valence-electron chi connectivity index (χ0n) is 16.1. The lowest BCUT2D eigenvalue weighted by Crippen LogP contribution is -2.36. The lowest BCUT2D eigenvalue weighted by Gasteiger charge is -2.12. The zero-order valence-corrected chi connectivity index (χ0v) is 16.1. The van der Waals surface area contributed by atoms with Crippen LogP contribution in [0.25, 0.3) is 0 Å². The van der Waals surface area contributed by atoms with Gasteiger partial charge in [-0.15, -0.1) is 0 Å². The molecular formula is C20H26N2O5. The molecule has 0 fully saturated rings. The SMILES string of the molecule is COc1ccc(CCNC(=O)NCc2ccc(OC)c(OC)c2)cc1OC. The molecule has 0 radical (unpaired) electrons. The third-order valence-corrected chi connectivity index (χ3v) is 4.05. The van der Waals surface area contributed by atoms with Gasteiger partial charge in [0.2, 0.25) is 0 Å². The highest BCUT2D eigenvalue weighted by Gasteiger charge is 2.07. The maximum atomic E-state index is 12.0. The topological polar surface area (TPSA) is 78.1 Å². The molecule has 0 aliphatic carbocycles. The molecule has 2 amide bonds. The average Bonchev–Trinajstić information content (AvgIpc) is 2.71. The minimum atomic E-state index is -0.231. The molecule has 0 heterocycles. The predicted octanol–water partition coefficient (Wildman–Crippen LogP) is 2.76. The lowest BCUT2D eigenvalue weighted by atomic mass is 10.1. The normalized spacial score (nSPS) is 10.1. The van der Waals surface area contributed by atoms with E-state index in [2.05, 4.69) is 10.6 Å². The van der Waals surface area contributed by atoms with E-state index in [1.165, 1.54) is 0 Å². The molecule has 0 spiro atoms. The smallest absolute Gasteiger partial charge is 0.315 e. The van der Waals surface area contributed by atoms with Gasteiger partial charge in [-0.2, -0.15) is 0 Å². The summed E-state index contributed by atoms with van der Waals surface area (Å²) in [7, 11) is 6.36. The highest BCUT2D eigenvalue weighted by atomic mass is 16.5. The Labute approximate surface area is 159 Å². The van der Waals surface area contributed by atoms with E-state index >= 15 is 0 Å². The van der Waals surface area contributed by atoms with Crippen LogP contribution in [-0.2, 0) is 13.0 Å². The van der Waals surface area contributed by atoms with Crippen LogP contribution in [-0.4, -0.2) is 41.0 Å². The van der Waals surface area contributed by atoms with E-state index < -0.39 is 0 Å². The Morgan fingerprint density at radius 1 is 0.741 bits per heavy atom. The summed E-state index contributed by atoms with van der Waals surface area (Å²) in [5, 5.41) is 5.66. The summed E-state index contributed by atoms with van der Waals surface area (Å²) in [6.07, 6.45) is 0.685. The minimum absolute atomic E-state index is 0.231. The fraction of sp³-hybridized carbons (Fsp3) is 0.350. The Bertz CT molecular complexity index is 764. The number of rotatable bonds is 9. The molecule has 2 N–H and O–H groups in total. The van der Waals surface area contributed by atoms with Crippen LogP contribution in [0.5, 0.6) is 23.0 Å². The first-order valence-electron chi connectivity index (χ1n) is 8.54. The fourth-order valence-electron chi connectivity index (χ4n) is 2.59. The van der Waals surface area contributed by atoms with Crippen molar-refractivity contribution in [1.29, 1.82) is 0 Å². The monoisotopic (exact) mass is 374 g/mol. The minimum Gasteiger partial charge on any atom is -0.493 e. The maximum absolute atomic E-state index is 12.0. The standard InChI is InChI=1S/C20H26N2O5/c1-24-16-7-5-14(11-18(16)26-3)9-10-21-20(23)22-13-15-6-8-17(25-2)19(12-15)27-4/h5-8,11-12H,9-10,13H2,1-4H3,(H2,21,22,23). The van der Waals surface area contributed by atoms with E-state index in [0.717, 1.165) is 11.1 Å². The molecule has 0 aliphatic heterocycles. The Morgan fingerprint density at radius 2 is 1.26 bits per heavy atom. The van der Waals surface area contributed by atoms with Gasteiger partial charge in [0.05, 0.1) is 28.4 Å². The van der Waals surface area contributed by atoms with Crippen LogP contribution in [0.3, 0.4) is 0 Å². The highest BCUT2D eigenvalue weighted by molar-refractivity contribution is 5.73. The Balaban J connectivity index is 1.80. The summed E-state index contributed by atoms with van der Waals surface area (Å²) < 4.78 is 21.0. The zero-order chi connectivity index (χ0) is 19.6. The van der Waals surface area contributed by atoms with Crippen molar-refractivity contribution in [2.75, 3.05) is 35.0 Å². The van der Waals surface area contributed by atoms with Crippen LogP contribution in [0.1, 0.15) is 11.1 Å². The second-order valence-corrected chi connectivity index (χ2v) is 5.74. The molecule has 0 aromatic heterocycles. The maximum Gasteiger partial charge on any atom is 0.315 e. The molecule has 7 heteroatoms. The molecule has 0 saturated heterocycles. The van der Waals surface area contributed by atoms with E-state index in [0.29, 0.717) is 42.5 Å². The van der Waals surface area contributed by atoms with E-state index in [9.17, 15) is 4.79 Å². The number of carbonyl (C=O) groups excluding carboxylic acids is 1. The van der Waals surface area contributed by atoms with Crippen LogP contribution < -0.4 is 29.6 Å². The highest BCUT2D eigenvalue weighted by Crippen LogP contribution is 2.28. The second-order valence-electron chi connectivity index (χ2n) is 5.74. The molecule has 2 aromatic rings. The summed E-state index contributed by atoms with van der Waals surface area (Å²) >= 11 is 0. The van der Waals surface area contributed by atoms with Crippen molar-refractivity contribution < 1.29 is 23.7 Å². The number of urea groups is 1. The first kappa shape index (κ1) is 20.2. The van der Waals surface area contributed by atoms with Crippen molar-refractivity contribution in [3.63, 3.8) is 0 Å². The van der Waals surface area contributed by atoms with Gasteiger partial charge in [0.15, 0.2) is 23.0 Å². The number of hydrogen-bond donors (Lipinski definition) is 2. The van der Waals surface area contributed by atoms with Crippen LogP contribution in [0.2, 0.25) is 0 Å². The summed E-state index contributed by atoms with van der Waals surface area (Å²) in [5.41, 5.74) is 1.97. The third-order valence-electron chi connectivity index (χ3n) is 4.05. The van der Waals surface area contributed by atoms with Crippen molar-refractivity contribution >= 4 is 6.03 Å². The molecule has 0 bridgehead atoms. The number of methoxy groups -OCH3 is 4. The quantitative estimate of drug-likeness (QED) is 0.706. The van der Waals surface area contributed by atoms with Gasteiger partial charge in [-0.05, 0) is 41.8 Å². The molecule has 0 saturated carbocycles. The Morgan fingerprint density at radius 3 is 1.81 bits per heavy atom. The third kappa shape index (κ3) is 5.70. The largest absolute Gasteiger partial charge is 0.493 e. The summed E-state index contributed by atoms with van der Waals surface area (Å²) in [4.78, 5) is 12.0. The van der Waals surface area contributed by atoms with E-state index in [4.69, 9.17) is 18.9 Å². The van der Waals surface area contributed by atoms with Crippen LogP contribution >= 0.6 is 0 Å². The van der Waals surface area contributed by atoms with E-state index in [1.807, 2.05) is 36.4 Å². The first-order valence-corrected chi connectivity index (χ1v) is 8.54. The van der Waals surface area contributed by atoms with Crippen LogP contribution in [0.15, 0.2) is 36.4 Å². The van der Waals surface area contributed by atoms with Crippen molar-refractivity contribution in [3.8, 4) is 23.0 Å². The van der Waals surface area contributed by atoms with Gasteiger partial charge in [-0.3, -0.25) is 0 Å². The Hall–Kier alpha value is -3.09. The predicted molar refractivity (Wildman–Crippen MR) is 103 cm³/mol. The summed E-state index contributed by atoms with van der Waals surface area (Å²) in [6, 6.07) is 11.0. The van der Waals surface area contributed by atoms with Crippen LogP contribution in [0, 0.1) is 0 Å². The fourth-order valence-corrected chi connectivity index (χ4v) is 2.59. The Kier molecular flexibility index (Phi) is 7.61. The van der Waals surface area contributed by atoms with Crippen LogP contribution in [0.4, 0.5) is 4.79 Å². The number of ether oxygens (including phenoxy) is 4. The number of benzene rings is 2. The lowest BCUT2D eigenvalue weighted by molar-refractivity contribution is 0.240. The number of carbonyl (C=O) groups is 1. The second kappa shape index (κ2) is 10.2. The van der Waals surface area contributed by atoms with Gasteiger partial charge in [0.1, 0.15) is 0 Å². The van der Waals surface area contributed by atoms with Gasteiger partial charge in [0, 0.05) is 13.1 Å². The van der Waals surface area contributed by atoms with Crippen molar-refractivity contribution in [2.24, 2.45) is 0 Å². The molecule has 0 atom stereocenters. The molecule has 2 rings (SSSR count). The van der Waals surface area contributed by atoms with E-state index in [1.54, 1.807) is 28.4 Å². The number of hydrogen-bond acceptors (Lipinski definition) is 5. The average molecular weight is 374 g/mol. The van der Waals surface area contributed by atoms with Gasteiger partial charge in [-0.25, -0.2) is 4.79 Å².